The minimum atomic E-state index is -0.370. The van der Waals surface area contributed by atoms with Crippen LogP contribution in [0.5, 0.6) is 0 Å². The first-order valence-electron chi connectivity index (χ1n) is 7.54. The van der Waals surface area contributed by atoms with Crippen molar-refractivity contribution in [2.75, 3.05) is 0 Å². The van der Waals surface area contributed by atoms with Crippen LogP contribution in [0.4, 0.5) is 0 Å². The summed E-state index contributed by atoms with van der Waals surface area (Å²) in [6.45, 7) is 0. The van der Waals surface area contributed by atoms with Crippen molar-refractivity contribution >= 4 is 29.0 Å². The van der Waals surface area contributed by atoms with E-state index >= 15 is 0 Å². The summed E-state index contributed by atoms with van der Waals surface area (Å²) in [5.74, 6) is 0.537. The lowest BCUT2D eigenvalue weighted by molar-refractivity contribution is -0.117. The Morgan fingerprint density at radius 3 is 2.71 bits per heavy atom. The average molecular weight is 358 g/mol. The van der Waals surface area contributed by atoms with E-state index in [9.17, 15) is 4.79 Å². The third kappa shape index (κ3) is 4.04. The average Bonchev–Trinajstić information content (AvgIpc) is 3.20. The standard InChI is InChI=1S/C17H18N4OS2/c1-21-15(11-13-8-5-9-23-13)19-20-17(21)24-14(16(18)22)10-12-6-3-2-4-7-12/h2-9,14H,10-11H2,1H3,(H2,18,22). The van der Waals surface area contributed by atoms with Gasteiger partial charge in [0.2, 0.25) is 5.91 Å². The predicted molar refractivity (Wildman–Crippen MR) is 97.1 cm³/mol. The second kappa shape index (κ2) is 7.63. The Balaban J connectivity index is 1.73. The number of nitrogens with two attached hydrogens (primary N) is 1. The molecular formula is C17H18N4OS2. The quantitative estimate of drug-likeness (QED) is 0.659. The molecule has 1 aromatic carbocycles. The lowest BCUT2D eigenvalue weighted by Gasteiger charge is -2.12. The molecule has 1 atom stereocenters. The van der Waals surface area contributed by atoms with Gasteiger partial charge in [-0.2, -0.15) is 0 Å². The Labute approximate surface area is 148 Å². The summed E-state index contributed by atoms with van der Waals surface area (Å²) < 4.78 is 1.94. The van der Waals surface area contributed by atoms with Gasteiger partial charge in [-0.3, -0.25) is 4.79 Å². The molecule has 0 bridgehead atoms. The van der Waals surface area contributed by atoms with Gasteiger partial charge < -0.3 is 10.3 Å². The Kier molecular flexibility index (Phi) is 5.32. The molecule has 0 aliphatic heterocycles. The van der Waals surface area contributed by atoms with Gasteiger partial charge in [0.25, 0.3) is 0 Å². The van der Waals surface area contributed by atoms with Gasteiger partial charge in [0.1, 0.15) is 5.82 Å². The maximum absolute atomic E-state index is 11.8. The highest BCUT2D eigenvalue weighted by molar-refractivity contribution is 8.00. The maximum Gasteiger partial charge on any atom is 0.231 e. The molecule has 7 heteroatoms. The van der Waals surface area contributed by atoms with Gasteiger partial charge in [0, 0.05) is 18.3 Å². The summed E-state index contributed by atoms with van der Waals surface area (Å²) in [6, 6.07) is 14.0. The fourth-order valence-electron chi connectivity index (χ4n) is 2.33. The fourth-order valence-corrected chi connectivity index (χ4v) is 4.03. The van der Waals surface area contributed by atoms with Crippen LogP contribution in [-0.4, -0.2) is 25.9 Å². The fraction of sp³-hybridized carbons (Fsp3) is 0.235. The Hall–Kier alpha value is -2.12. The predicted octanol–water partition coefficient (Wildman–Crippen LogP) is 2.66. The Morgan fingerprint density at radius 2 is 2.04 bits per heavy atom. The molecule has 124 valence electrons. The van der Waals surface area contributed by atoms with Gasteiger partial charge in [-0.15, -0.1) is 21.5 Å². The minimum absolute atomic E-state index is 0.341. The molecule has 1 amide bonds. The highest BCUT2D eigenvalue weighted by Crippen LogP contribution is 2.25. The molecule has 3 aromatic rings. The summed E-state index contributed by atoms with van der Waals surface area (Å²) in [7, 11) is 1.92. The van der Waals surface area contributed by atoms with E-state index in [0.29, 0.717) is 11.6 Å². The number of primary amides is 1. The first kappa shape index (κ1) is 16.7. The molecule has 0 fully saturated rings. The SMILES string of the molecule is Cn1c(Cc2cccs2)nnc1SC(Cc1ccccc1)C(N)=O. The third-order valence-electron chi connectivity index (χ3n) is 3.67. The number of thiophene rings is 1. The summed E-state index contributed by atoms with van der Waals surface area (Å²) in [6.07, 6.45) is 1.32. The van der Waals surface area contributed by atoms with Crippen LogP contribution in [0.3, 0.4) is 0 Å². The number of benzene rings is 1. The van der Waals surface area contributed by atoms with Crippen molar-refractivity contribution in [1.82, 2.24) is 14.8 Å². The zero-order valence-electron chi connectivity index (χ0n) is 13.3. The smallest absolute Gasteiger partial charge is 0.231 e. The van der Waals surface area contributed by atoms with Crippen LogP contribution in [0.15, 0.2) is 53.0 Å². The Bertz CT molecular complexity index is 799. The molecule has 2 heterocycles. The molecule has 0 aliphatic carbocycles. The monoisotopic (exact) mass is 358 g/mol. The molecule has 0 aliphatic rings. The molecule has 1 unspecified atom stereocenters. The van der Waals surface area contributed by atoms with E-state index < -0.39 is 0 Å². The largest absolute Gasteiger partial charge is 0.369 e. The van der Waals surface area contributed by atoms with Crippen molar-refractivity contribution in [1.29, 1.82) is 0 Å². The van der Waals surface area contributed by atoms with E-state index in [2.05, 4.69) is 16.3 Å². The molecule has 0 radical (unpaired) electrons. The van der Waals surface area contributed by atoms with E-state index in [0.717, 1.165) is 17.8 Å². The molecular weight excluding hydrogens is 340 g/mol. The summed E-state index contributed by atoms with van der Waals surface area (Å²) in [4.78, 5) is 13.1. The van der Waals surface area contributed by atoms with E-state index in [-0.39, 0.29) is 11.2 Å². The number of rotatable bonds is 7. The van der Waals surface area contributed by atoms with Crippen molar-refractivity contribution in [2.24, 2.45) is 12.8 Å². The molecule has 0 spiro atoms. The third-order valence-corrected chi connectivity index (χ3v) is 5.79. The normalized spacial score (nSPS) is 12.2. The topological polar surface area (TPSA) is 73.8 Å². The van der Waals surface area contributed by atoms with Gasteiger partial charge >= 0.3 is 0 Å². The Morgan fingerprint density at radius 1 is 1.25 bits per heavy atom. The van der Waals surface area contributed by atoms with Gasteiger partial charge in [-0.1, -0.05) is 48.2 Å². The number of carbonyl (C=O) groups excluding carboxylic acids is 1. The van der Waals surface area contributed by atoms with E-state index in [1.54, 1.807) is 11.3 Å². The molecule has 0 saturated heterocycles. The van der Waals surface area contributed by atoms with Gasteiger partial charge in [-0.25, -0.2) is 0 Å². The number of nitrogens with zero attached hydrogens (tertiary/aromatic N) is 3. The molecule has 2 N–H and O–H groups in total. The summed E-state index contributed by atoms with van der Waals surface area (Å²) >= 11 is 3.06. The molecule has 0 saturated carbocycles. The summed E-state index contributed by atoms with van der Waals surface area (Å²) in [5, 5.41) is 10.9. The second-order valence-corrected chi connectivity index (χ2v) is 7.61. The van der Waals surface area contributed by atoms with Crippen molar-refractivity contribution in [3.05, 3.63) is 64.1 Å². The summed E-state index contributed by atoms with van der Waals surface area (Å²) in [5.41, 5.74) is 6.66. The minimum Gasteiger partial charge on any atom is -0.369 e. The van der Waals surface area contributed by atoms with E-state index in [1.807, 2.05) is 53.4 Å². The van der Waals surface area contributed by atoms with Crippen LogP contribution in [0.2, 0.25) is 0 Å². The van der Waals surface area contributed by atoms with Crippen LogP contribution < -0.4 is 5.73 Å². The van der Waals surface area contributed by atoms with Crippen LogP contribution >= 0.6 is 23.1 Å². The van der Waals surface area contributed by atoms with Crippen molar-refractivity contribution < 1.29 is 4.79 Å². The van der Waals surface area contributed by atoms with Crippen LogP contribution in [-0.2, 0) is 24.7 Å². The van der Waals surface area contributed by atoms with Crippen molar-refractivity contribution in [3.63, 3.8) is 0 Å². The number of amides is 1. The van der Waals surface area contributed by atoms with Crippen molar-refractivity contribution in [3.8, 4) is 0 Å². The van der Waals surface area contributed by atoms with Gasteiger partial charge in [0.15, 0.2) is 5.16 Å². The van der Waals surface area contributed by atoms with Crippen molar-refractivity contribution in [2.45, 2.75) is 23.2 Å². The molecule has 2 aromatic heterocycles. The maximum atomic E-state index is 11.8. The number of hydrogen-bond acceptors (Lipinski definition) is 5. The lowest BCUT2D eigenvalue weighted by atomic mass is 10.1. The highest BCUT2D eigenvalue weighted by Gasteiger charge is 2.21. The number of thioether (sulfide) groups is 1. The number of hydrogen-bond donors (Lipinski definition) is 1. The highest BCUT2D eigenvalue weighted by atomic mass is 32.2. The second-order valence-electron chi connectivity index (χ2n) is 5.41. The zero-order valence-corrected chi connectivity index (χ0v) is 14.9. The van der Waals surface area contributed by atoms with Crippen LogP contribution in [0.25, 0.3) is 0 Å². The number of aromatic nitrogens is 3. The molecule has 5 nitrogen and oxygen atoms in total. The van der Waals surface area contributed by atoms with Crippen LogP contribution in [0.1, 0.15) is 16.3 Å². The lowest BCUT2D eigenvalue weighted by Crippen LogP contribution is -2.28. The number of carbonyl (C=O) groups is 1. The first-order valence-corrected chi connectivity index (χ1v) is 9.30. The van der Waals surface area contributed by atoms with E-state index in [1.165, 1.54) is 16.6 Å². The van der Waals surface area contributed by atoms with E-state index in [4.69, 9.17) is 5.73 Å². The zero-order chi connectivity index (χ0) is 16.9. The first-order chi connectivity index (χ1) is 11.6. The van der Waals surface area contributed by atoms with Gasteiger partial charge in [-0.05, 0) is 23.4 Å². The van der Waals surface area contributed by atoms with Gasteiger partial charge in [0.05, 0.1) is 5.25 Å². The van der Waals surface area contributed by atoms with Crippen LogP contribution in [0, 0.1) is 0 Å². The molecule has 24 heavy (non-hydrogen) atoms. The molecule has 3 rings (SSSR count).